The van der Waals surface area contributed by atoms with Gasteiger partial charge in [-0.05, 0) is 36.6 Å². The number of carbonyl (C=O) groups excluding carboxylic acids is 1. The number of nitrogens with zero attached hydrogens (tertiary/aromatic N) is 3. The van der Waals surface area contributed by atoms with Crippen LogP contribution in [0.4, 0.5) is 0 Å². The Balaban J connectivity index is 1.48. The quantitative estimate of drug-likeness (QED) is 0.525. The van der Waals surface area contributed by atoms with E-state index in [0.717, 1.165) is 37.6 Å². The van der Waals surface area contributed by atoms with Crippen LogP contribution in [0.25, 0.3) is 0 Å². The molecule has 1 fully saturated rings. The standard InChI is InChI=1S/C24H29N5O/c1-2-26-24(27-16-21-10-8-20(15-25)9-11-21)28-17-22-14-23(30)29(18-22)13-12-19-6-4-3-5-7-19/h3-11,22H,2,12-14,16-18H2,1H3,(H2,26,27,28). The monoisotopic (exact) mass is 403 g/mol. The van der Waals surface area contributed by atoms with Gasteiger partial charge in [0.05, 0.1) is 18.2 Å². The Bertz CT molecular complexity index is 886. The van der Waals surface area contributed by atoms with E-state index in [1.54, 1.807) is 12.1 Å². The van der Waals surface area contributed by atoms with E-state index in [9.17, 15) is 4.79 Å². The van der Waals surface area contributed by atoms with Gasteiger partial charge in [0.1, 0.15) is 0 Å². The van der Waals surface area contributed by atoms with Crippen molar-refractivity contribution in [1.82, 2.24) is 15.5 Å². The van der Waals surface area contributed by atoms with Gasteiger partial charge in [-0.25, -0.2) is 4.99 Å². The van der Waals surface area contributed by atoms with Crippen LogP contribution in [0.2, 0.25) is 0 Å². The number of rotatable bonds is 8. The third-order valence-corrected chi connectivity index (χ3v) is 5.21. The van der Waals surface area contributed by atoms with Crippen molar-refractivity contribution in [3.8, 4) is 6.07 Å². The number of guanidine groups is 1. The van der Waals surface area contributed by atoms with Gasteiger partial charge < -0.3 is 15.5 Å². The van der Waals surface area contributed by atoms with E-state index in [4.69, 9.17) is 5.26 Å². The molecule has 1 heterocycles. The Labute approximate surface area is 178 Å². The third kappa shape index (κ3) is 6.35. The van der Waals surface area contributed by atoms with Gasteiger partial charge in [-0.2, -0.15) is 5.26 Å². The van der Waals surface area contributed by atoms with Gasteiger partial charge >= 0.3 is 0 Å². The molecule has 1 aliphatic rings. The lowest BCUT2D eigenvalue weighted by molar-refractivity contribution is -0.127. The zero-order valence-electron chi connectivity index (χ0n) is 17.5. The van der Waals surface area contributed by atoms with Gasteiger partial charge in [0.2, 0.25) is 5.91 Å². The van der Waals surface area contributed by atoms with Crippen LogP contribution in [0.1, 0.15) is 30.0 Å². The van der Waals surface area contributed by atoms with Crippen molar-refractivity contribution < 1.29 is 4.79 Å². The lowest BCUT2D eigenvalue weighted by Crippen LogP contribution is -2.40. The molecular formula is C24H29N5O. The minimum Gasteiger partial charge on any atom is -0.357 e. The van der Waals surface area contributed by atoms with Crippen LogP contribution in [0, 0.1) is 17.2 Å². The number of nitrogens with one attached hydrogen (secondary N) is 2. The van der Waals surface area contributed by atoms with E-state index in [0.29, 0.717) is 25.1 Å². The molecule has 156 valence electrons. The summed E-state index contributed by atoms with van der Waals surface area (Å²) in [5.41, 5.74) is 2.96. The molecule has 6 heteroatoms. The predicted octanol–water partition coefficient (Wildman–Crippen LogP) is 2.70. The Kier molecular flexibility index (Phi) is 7.85. The third-order valence-electron chi connectivity index (χ3n) is 5.21. The molecule has 6 nitrogen and oxygen atoms in total. The molecule has 2 aromatic rings. The fourth-order valence-electron chi connectivity index (χ4n) is 3.55. The highest BCUT2D eigenvalue weighted by atomic mass is 16.2. The highest BCUT2D eigenvalue weighted by Crippen LogP contribution is 2.17. The SMILES string of the molecule is CCNC(=NCc1ccc(C#N)cc1)NCC1CC(=O)N(CCc2ccccc2)C1. The average Bonchev–Trinajstić information content (AvgIpc) is 3.14. The Morgan fingerprint density at radius 3 is 2.60 bits per heavy atom. The number of benzene rings is 2. The van der Waals surface area contributed by atoms with E-state index in [1.165, 1.54) is 5.56 Å². The van der Waals surface area contributed by atoms with Gasteiger partial charge in [0, 0.05) is 38.5 Å². The summed E-state index contributed by atoms with van der Waals surface area (Å²) in [6, 6.07) is 19.9. The number of hydrogen-bond acceptors (Lipinski definition) is 3. The maximum atomic E-state index is 12.4. The number of amides is 1. The fraction of sp³-hybridized carbons (Fsp3) is 0.375. The minimum absolute atomic E-state index is 0.234. The number of likely N-dealkylation sites (tertiary alicyclic amines) is 1. The van der Waals surface area contributed by atoms with Crippen LogP contribution >= 0.6 is 0 Å². The average molecular weight is 404 g/mol. The van der Waals surface area contributed by atoms with Gasteiger partial charge in [0.15, 0.2) is 5.96 Å². The smallest absolute Gasteiger partial charge is 0.223 e. The largest absolute Gasteiger partial charge is 0.357 e. The summed E-state index contributed by atoms with van der Waals surface area (Å²) < 4.78 is 0. The molecule has 2 aromatic carbocycles. The molecule has 1 atom stereocenters. The Morgan fingerprint density at radius 2 is 1.90 bits per heavy atom. The van der Waals surface area contributed by atoms with E-state index >= 15 is 0 Å². The number of nitriles is 1. The van der Waals surface area contributed by atoms with E-state index in [2.05, 4.69) is 33.8 Å². The summed E-state index contributed by atoms with van der Waals surface area (Å²) in [5.74, 6) is 1.27. The van der Waals surface area contributed by atoms with Gasteiger partial charge in [-0.1, -0.05) is 42.5 Å². The summed E-state index contributed by atoms with van der Waals surface area (Å²) in [4.78, 5) is 19.0. The highest BCUT2D eigenvalue weighted by Gasteiger charge is 2.29. The molecule has 1 aliphatic heterocycles. The number of aliphatic imine (C=N–C) groups is 1. The molecule has 1 unspecified atom stereocenters. The molecule has 0 aromatic heterocycles. The zero-order valence-corrected chi connectivity index (χ0v) is 17.5. The van der Waals surface area contributed by atoms with Crippen molar-refractivity contribution >= 4 is 11.9 Å². The maximum Gasteiger partial charge on any atom is 0.223 e. The summed E-state index contributed by atoms with van der Waals surface area (Å²) in [5, 5.41) is 15.5. The van der Waals surface area contributed by atoms with E-state index in [1.807, 2.05) is 42.2 Å². The first kappa shape index (κ1) is 21.4. The van der Waals surface area contributed by atoms with Crippen LogP contribution in [0.3, 0.4) is 0 Å². The second-order valence-corrected chi connectivity index (χ2v) is 7.53. The molecule has 0 radical (unpaired) electrons. The van der Waals surface area contributed by atoms with Crippen molar-refractivity contribution in [2.45, 2.75) is 26.3 Å². The van der Waals surface area contributed by atoms with Crippen molar-refractivity contribution in [2.24, 2.45) is 10.9 Å². The zero-order chi connectivity index (χ0) is 21.2. The first-order valence-corrected chi connectivity index (χ1v) is 10.5. The molecule has 2 N–H and O–H groups in total. The lowest BCUT2D eigenvalue weighted by Gasteiger charge is -2.18. The van der Waals surface area contributed by atoms with Gasteiger partial charge in [-0.15, -0.1) is 0 Å². The first-order valence-electron chi connectivity index (χ1n) is 10.5. The van der Waals surface area contributed by atoms with Crippen LogP contribution in [0.5, 0.6) is 0 Å². The number of carbonyl (C=O) groups is 1. The minimum atomic E-state index is 0.234. The summed E-state index contributed by atoms with van der Waals surface area (Å²) >= 11 is 0. The second-order valence-electron chi connectivity index (χ2n) is 7.53. The van der Waals surface area contributed by atoms with Crippen LogP contribution < -0.4 is 10.6 Å². The van der Waals surface area contributed by atoms with Gasteiger partial charge in [0.25, 0.3) is 0 Å². The summed E-state index contributed by atoms with van der Waals surface area (Å²) in [6.07, 6.45) is 1.47. The van der Waals surface area contributed by atoms with Crippen LogP contribution in [-0.2, 0) is 17.8 Å². The molecule has 0 bridgehead atoms. The van der Waals surface area contributed by atoms with Crippen molar-refractivity contribution in [1.29, 1.82) is 5.26 Å². The molecule has 30 heavy (non-hydrogen) atoms. The number of hydrogen-bond donors (Lipinski definition) is 2. The molecule has 3 rings (SSSR count). The molecule has 0 saturated carbocycles. The van der Waals surface area contributed by atoms with Crippen molar-refractivity contribution in [3.63, 3.8) is 0 Å². The van der Waals surface area contributed by atoms with Crippen molar-refractivity contribution in [2.75, 3.05) is 26.2 Å². The summed E-state index contributed by atoms with van der Waals surface area (Å²) in [7, 11) is 0. The van der Waals surface area contributed by atoms with Crippen molar-refractivity contribution in [3.05, 3.63) is 71.3 Å². The molecule has 0 aliphatic carbocycles. The predicted molar refractivity (Wildman–Crippen MR) is 119 cm³/mol. The summed E-state index contributed by atoms with van der Waals surface area (Å²) in [6.45, 7) is 5.61. The maximum absolute atomic E-state index is 12.4. The molecule has 1 amide bonds. The van der Waals surface area contributed by atoms with E-state index < -0.39 is 0 Å². The Hall–Kier alpha value is -3.33. The second kappa shape index (κ2) is 11.0. The topological polar surface area (TPSA) is 80.5 Å². The highest BCUT2D eigenvalue weighted by molar-refractivity contribution is 5.81. The fourth-order valence-corrected chi connectivity index (χ4v) is 3.55. The molecule has 0 spiro atoms. The molecular weight excluding hydrogens is 374 g/mol. The van der Waals surface area contributed by atoms with Crippen LogP contribution in [-0.4, -0.2) is 42.9 Å². The first-order chi connectivity index (χ1) is 14.7. The Morgan fingerprint density at radius 1 is 1.13 bits per heavy atom. The normalized spacial score (nSPS) is 16.4. The van der Waals surface area contributed by atoms with E-state index in [-0.39, 0.29) is 11.8 Å². The van der Waals surface area contributed by atoms with Gasteiger partial charge in [-0.3, -0.25) is 4.79 Å². The lowest BCUT2D eigenvalue weighted by atomic mass is 10.1. The van der Waals surface area contributed by atoms with Crippen LogP contribution in [0.15, 0.2) is 59.6 Å². The molecule has 1 saturated heterocycles.